The molecule has 0 aromatic carbocycles. The second-order valence-corrected chi connectivity index (χ2v) is 4.11. The van der Waals surface area contributed by atoms with Crippen LogP contribution in [0.3, 0.4) is 0 Å². The van der Waals surface area contributed by atoms with Crippen LogP contribution in [0.4, 0.5) is 0 Å². The highest BCUT2D eigenvalue weighted by atomic mass is 16.5. The number of carbonyl (C=O) groups excluding carboxylic acids is 2. The van der Waals surface area contributed by atoms with Gasteiger partial charge in [0.05, 0.1) is 19.6 Å². The summed E-state index contributed by atoms with van der Waals surface area (Å²) >= 11 is 0. The lowest BCUT2D eigenvalue weighted by atomic mass is 9.88. The summed E-state index contributed by atoms with van der Waals surface area (Å²) in [6, 6.07) is 0. The molecule has 0 radical (unpaired) electrons. The molecule has 0 amide bonds. The van der Waals surface area contributed by atoms with E-state index < -0.39 is 11.9 Å². The van der Waals surface area contributed by atoms with Gasteiger partial charge in [0.25, 0.3) is 0 Å². The minimum absolute atomic E-state index is 0.00514. The van der Waals surface area contributed by atoms with Crippen molar-refractivity contribution in [1.82, 2.24) is 0 Å². The first-order chi connectivity index (χ1) is 6.93. The van der Waals surface area contributed by atoms with Crippen molar-refractivity contribution in [3.05, 3.63) is 0 Å². The van der Waals surface area contributed by atoms with E-state index >= 15 is 0 Å². The van der Waals surface area contributed by atoms with E-state index in [0.717, 1.165) is 0 Å². The maximum absolute atomic E-state index is 11.7. The molecule has 0 fully saturated rings. The minimum atomic E-state index is -0.719. The molecule has 0 spiro atoms. The van der Waals surface area contributed by atoms with Gasteiger partial charge in [-0.1, -0.05) is 20.8 Å². The average molecular weight is 216 g/mol. The van der Waals surface area contributed by atoms with E-state index in [9.17, 15) is 9.59 Å². The molecule has 2 unspecified atom stereocenters. The predicted octanol–water partition coefficient (Wildman–Crippen LogP) is 1.02. The van der Waals surface area contributed by atoms with Gasteiger partial charge in [-0.05, 0) is 5.92 Å². The summed E-state index contributed by atoms with van der Waals surface area (Å²) in [6.45, 7) is 5.39. The molecule has 4 nitrogen and oxygen atoms in total. The van der Waals surface area contributed by atoms with E-state index in [4.69, 9.17) is 5.11 Å². The molecular weight excluding hydrogens is 196 g/mol. The van der Waals surface area contributed by atoms with Gasteiger partial charge in [0.2, 0.25) is 0 Å². The van der Waals surface area contributed by atoms with Crippen molar-refractivity contribution in [2.75, 3.05) is 13.7 Å². The minimum Gasteiger partial charge on any atom is -0.469 e. The van der Waals surface area contributed by atoms with Crippen LogP contribution in [0.25, 0.3) is 0 Å². The number of ether oxygens (including phenoxy) is 1. The topological polar surface area (TPSA) is 63.6 Å². The number of methoxy groups -OCH3 is 1. The lowest BCUT2D eigenvalue weighted by Gasteiger charge is -2.17. The first-order valence-corrected chi connectivity index (χ1v) is 5.15. The normalized spacial score (nSPS) is 14.8. The Kier molecular flexibility index (Phi) is 6.17. The number of Topliss-reactive ketones (excluding diaryl/α,β-unsaturated/α-hetero) is 1. The smallest absolute Gasteiger partial charge is 0.311 e. The first kappa shape index (κ1) is 14.1. The van der Waals surface area contributed by atoms with Crippen molar-refractivity contribution in [1.29, 1.82) is 0 Å². The van der Waals surface area contributed by atoms with Crippen molar-refractivity contribution in [3.8, 4) is 0 Å². The lowest BCUT2D eigenvalue weighted by molar-refractivity contribution is -0.149. The fourth-order valence-electron chi connectivity index (χ4n) is 1.19. The van der Waals surface area contributed by atoms with Crippen LogP contribution in [-0.4, -0.2) is 30.6 Å². The van der Waals surface area contributed by atoms with Crippen LogP contribution >= 0.6 is 0 Å². The Balaban J connectivity index is 4.30. The quantitative estimate of drug-likeness (QED) is 0.673. The highest BCUT2D eigenvalue weighted by Crippen LogP contribution is 2.16. The molecule has 15 heavy (non-hydrogen) atoms. The molecule has 0 bridgehead atoms. The van der Waals surface area contributed by atoms with Crippen LogP contribution in [0.1, 0.15) is 27.2 Å². The van der Waals surface area contributed by atoms with Gasteiger partial charge in [0.15, 0.2) is 0 Å². The Morgan fingerprint density at radius 2 is 1.80 bits per heavy atom. The maximum atomic E-state index is 11.7. The summed E-state index contributed by atoms with van der Waals surface area (Å²) in [5.41, 5.74) is 0. The van der Waals surface area contributed by atoms with Crippen LogP contribution < -0.4 is 0 Å². The summed E-state index contributed by atoms with van der Waals surface area (Å²) in [5.74, 6) is -1.10. The molecule has 2 atom stereocenters. The summed E-state index contributed by atoms with van der Waals surface area (Å²) in [7, 11) is 1.25. The van der Waals surface area contributed by atoms with Crippen molar-refractivity contribution >= 4 is 11.8 Å². The second kappa shape index (κ2) is 6.56. The molecule has 4 heteroatoms. The van der Waals surface area contributed by atoms with Gasteiger partial charge in [-0.15, -0.1) is 0 Å². The highest BCUT2D eigenvalue weighted by molar-refractivity contribution is 5.86. The average Bonchev–Trinajstić information content (AvgIpc) is 2.22. The van der Waals surface area contributed by atoms with Crippen LogP contribution in [0.15, 0.2) is 0 Å². The number of carbonyl (C=O) groups is 2. The van der Waals surface area contributed by atoms with Crippen molar-refractivity contribution in [2.24, 2.45) is 17.8 Å². The van der Waals surface area contributed by atoms with E-state index in [1.807, 2.05) is 20.8 Å². The number of hydrogen-bond acceptors (Lipinski definition) is 4. The Hall–Kier alpha value is -0.900. The van der Waals surface area contributed by atoms with Crippen LogP contribution in [0.2, 0.25) is 0 Å². The van der Waals surface area contributed by atoms with E-state index in [2.05, 4.69) is 4.74 Å². The maximum Gasteiger partial charge on any atom is 0.311 e. The molecule has 0 aromatic rings. The summed E-state index contributed by atoms with van der Waals surface area (Å²) in [4.78, 5) is 22.8. The highest BCUT2D eigenvalue weighted by Gasteiger charge is 2.25. The van der Waals surface area contributed by atoms with Gasteiger partial charge in [-0.25, -0.2) is 0 Å². The largest absolute Gasteiger partial charge is 0.469 e. The molecule has 88 valence electrons. The van der Waals surface area contributed by atoms with E-state index in [1.54, 1.807) is 0 Å². The van der Waals surface area contributed by atoms with Crippen molar-refractivity contribution in [2.45, 2.75) is 27.2 Å². The lowest BCUT2D eigenvalue weighted by Crippen LogP contribution is -2.27. The first-order valence-electron chi connectivity index (χ1n) is 5.15. The van der Waals surface area contributed by atoms with E-state index in [-0.39, 0.29) is 30.6 Å². The monoisotopic (exact) mass is 216 g/mol. The van der Waals surface area contributed by atoms with Gasteiger partial charge >= 0.3 is 5.97 Å². The molecule has 0 heterocycles. The molecule has 0 aromatic heterocycles. The zero-order valence-electron chi connectivity index (χ0n) is 9.82. The predicted molar refractivity (Wildman–Crippen MR) is 56.2 cm³/mol. The van der Waals surface area contributed by atoms with Crippen molar-refractivity contribution < 1.29 is 19.4 Å². The zero-order valence-corrected chi connectivity index (χ0v) is 9.82. The van der Waals surface area contributed by atoms with Crippen LogP contribution in [0, 0.1) is 17.8 Å². The van der Waals surface area contributed by atoms with E-state index in [0.29, 0.717) is 0 Å². The fraction of sp³-hybridized carbons (Fsp3) is 0.818. The van der Waals surface area contributed by atoms with Gasteiger partial charge in [-0.2, -0.15) is 0 Å². The van der Waals surface area contributed by atoms with Crippen LogP contribution in [0.5, 0.6) is 0 Å². The molecule has 0 aliphatic rings. The van der Waals surface area contributed by atoms with Gasteiger partial charge in [0.1, 0.15) is 5.78 Å². The molecule has 0 saturated heterocycles. The Labute approximate surface area is 90.6 Å². The zero-order chi connectivity index (χ0) is 12.0. The van der Waals surface area contributed by atoms with Gasteiger partial charge in [0, 0.05) is 12.3 Å². The molecule has 0 rings (SSSR count). The third-order valence-electron chi connectivity index (χ3n) is 2.71. The molecular formula is C11H20O4. The van der Waals surface area contributed by atoms with E-state index in [1.165, 1.54) is 7.11 Å². The number of esters is 1. The molecule has 1 N–H and O–H groups in total. The Morgan fingerprint density at radius 3 is 2.13 bits per heavy atom. The van der Waals surface area contributed by atoms with Crippen molar-refractivity contribution in [3.63, 3.8) is 0 Å². The second-order valence-electron chi connectivity index (χ2n) is 4.11. The van der Waals surface area contributed by atoms with Gasteiger partial charge in [-0.3, -0.25) is 9.59 Å². The summed E-state index contributed by atoms with van der Waals surface area (Å²) < 4.78 is 4.49. The number of rotatable bonds is 6. The summed E-state index contributed by atoms with van der Waals surface area (Å²) in [5, 5.41) is 8.94. The summed E-state index contributed by atoms with van der Waals surface area (Å²) in [6.07, 6.45) is 0.0581. The fourth-order valence-corrected chi connectivity index (χ4v) is 1.19. The number of hydrogen-bond donors (Lipinski definition) is 1. The Bertz CT molecular complexity index is 223. The molecule has 0 aliphatic heterocycles. The third-order valence-corrected chi connectivity index (χ3v) is 2.71. The van der Waals surface area contributed by atoms with Crippen LogP contribution in [-0.2, 0) is 14.3 Å². The Morgan fingerprint density at radius 1 is 1.27 bits per heavy atom. The SMILES string of the molecule is COC(=O)C(CO)CC(=O)C(C)C(C)C. The molecule has 0 saturated carbocycles. The standard InChI is InChI=1S/C11H20O4/c1-7(2)8(3)10(13)5-9(6-12)11(14)15-4/h7-9,12H,5-6H2,1-4H3. The third kappa shape index (κ3) is 4.42. The van der Waals surface area contributed by atoms with Gasteiger partial charge < -0.3 is 9.84 Å². The number of aliphatic hydroxyl groups excluding tert-OH is 1. The number of ketones is 1. The number of aliphatic hydroxyl groups is 1. The molecule has 0 aliphatic carbocycles.